The van der Waals surface area contributed by atoms with Crippen LogP contribution in [-0.4, -0.2) is 29.4 Å². The zero-order chi connectivity index (χ0) is 12.2. The summed E-state index contributed by atoms with van der Waals surface area (Å²) in [5.74, 6) is -0.951. The third-order valence-electron chi connectivity index (χ3n) is 2.62. The van der Waals surface area contributed by atoms with E-state index in [9.17, 15) is 14.7 Å². The Morgan fingerprint density at radius 1 is 1.50 bits per heavy atom. The summed E-state index contributed by atoms with van der Waals surface area (Å²) < 4.78 is 6.40. The number of aromatic nitrogens is 1. The molecule has 0 bridgehead atoms. The van der Waals surface area contributed by atoms with Gasteiger partial charge >= 0.3 is 5.97 Å². The maximum atomic E-state index is 11.3. The third kappa shape index (κ3) is 2.49. The molecule has 5 heteroatoms. The number of ether oxygens (including phenoxy) is 1. The van der Waals surface area contributed by atoms with Gasteiger partial charge in [-0.15, -0.1) is 0 Å². The Kier molecular flexibility index (Phi) is 3.84. The van der Waals surface area contributed by atoms with Gasteiger partial charge in [0.05, 0.1) is 0 Å². The molecule has 0 saturated carbocycles. The maximum Gasteiger partial charge on any atom is 0.329 e. The van der Waals surface area contributed by atoms with Gasteiger partial charge in [-0.3, -0.25) is 4.79 Å². The molecular formula is C11H15NO4. The van der Waals surface area contributed by atoms with Crippen LogP contribution in [0.2, 0.25) is 0 Å². The highest BCUT2D eigenvalue weighted by Crippen LogP contribution is 2.20. The molecule has 1 heterocycles. The number of methoxy groups -OCH3 is 1. The molecule has 0 aromatic carbocycles. The monoisotopic (exact) mass is 225 g/mol. The zero-order valence-corrected chi connectivity index (χ0v) is 9.34. The van der Waals surface area contributed by atoms with Crippen LogP contribution in [0.25, 0.3) is 0 Å². The van der Waals surface area contributed by atoms with Crippen LogP contribution < -0.4 is 5.43 Å². The van der Waals surface area contributed by atoms with Gasteiger partial charge in [-0.1, -0.05) is 0 Å². The molecule has 1 aromatic rings. The molecule has 1 aromatic heterocycles. The van der Waals surface area contributed by atoms with Crippen molar-refractivity contribution in [3.8, 4) is 0 Å². The molecule has 0 aliphatic carbocycles. The van der Waals surface area contributed by atoms with Gasteiger partial charge in [0, 0.05) is 44.7 Å². The first-order valence-corrected chi connectivity index (χ1v) is 4.92. The Labute approximate surface area is 93.3 Å². The summed E-state index contributed by atoms with van der Waals surface area (Å²) in [6, 6.07) is 2.68. The molecule has 1 unspecified atom stereocenters. The largest absolute Gasteiger partial charge is 0.479 e. The topological polar surface area (TPSA) is 68.5 Å². The van der Waals surface area contributed by atoms with E-state index in [0.29, 0.717) is 13.0 Å². The van der Waals surface area contributed by atoms with Crippen molar-refractivity contribution in [1.29, 1.82) is 0 Å². The lowest BCUT2D eigenvalue weighted by Crippen LogP contribution is -2.40. The first kappa shape index (κ1) is 12.4. The molecule has 0 saturated heterocycles. The summed E-state index contributed by atoms with van der Waals surface area (Å²) in [7, 11) is 1.52. The Morgan fingerprint density at radius 3 is 2.50 bits per heavy atom. The van der Waals surface area contributed by atoms with E-state index in [-0.39, 0.29) is 5.43 Å². The van der Waals surface area contributed by atoms with Crippen LogP contribution in [0.4, 0.5) is 0 Å². The summed E-state index contributed by atoms with van der Waals surface area (Å²) in [5, 5.41) is 9.23. The van der Waals surface area contributed by atoms with Crippen LogP contribution in [0.5, 0.6) is 0 Å². The second kappa shape index (κ2) is 4.94. The van der Waals surface area contributed by atoms with Gasteiger partial charge in [-0.25, -0.2) is 4.79 Å². The third-order valence-corrected chi connectivity index (χ3v) is 2.62. The minimum atomic E-state index is -1.09. The highest BCUT2D eigenvalue weighted by Gasteiger charge is 2.33. The van der Waals surface area contributed by atoms with Crippen LogP contribution in [-0.2, 0) is 15.1 Å². The fourth-order valence-corrected chi connectivity index (χ4v) is 1.39. The number of nitrogens with zero attached hydrogens (tertiary/aromatic N) is 1. The lowest BCUT2D eigenvalue weighted by molar-refractivity contribution is -0.147. The Balaban J connectivity index is 3.05. The van der Waals surface area contributed by atoms with Gasteiger partial charge in [0.15, 0.2) is 5.43 Å². The van der Waals surface area contributed by atoms with E-state index in [0.717, 1.165) is 0 Å². The van der Waals surface area contributed by atoms with E-state index < -0.39 is 11.5 Å². The summed E-state index contributed by atoms with van der Waals surface area (Å²) >= 11 is 0. The number of hydrogen-bond donors (Lipinski definition) is 1. The van der Waals surface area contributed by atoms with Crippen LogP contribution in [0.3, 0.4) is 0 Å². The van der Waals surface area contributed by atoms with E-state index in [2.05, 4.69) is 0 Å². The number of carbonyl (C=O) groups is 1. The zero-order valence-electron chi connectivity index (χ0n) is 9.34. The molecular weight excluding hydrogens is 210 g/mol. The molecule has 88 valence electrons. The average Bonchev–Trinajstić information content (AvgIpc) is 2.26. The first-order valence-electron chi connectivity index (χ1n) is 4.92. The van der Waals surface area contributed by atoms with Gasteiger partial charge in [-0.2, -0.15) is 0 Å². The molecule has 16 heavy (non-hydrogen) atoms. The van der Waals surface area contributed by atoms with Crippen molar-refractivity contribution in [2.45, 2.75) is 18.9 Å². The molecule has 0 radical (unpaired) electrons. The van der Waals surface area contributed by atoms with E-state index in [1.54, 1.807) is 6.92 Å². The lowest BCUT2D eigenvalue weighted by atomic mass is 9.98. The Hall–Kier alpha value is -1.62. The van der Waals surface area contributed by atoms with Crippen LogP contribution in [0.15, 0.2) is 29.3 Å². The fraction of sp³-hybridized carbons (Fsp3) is 0.455. The van der Waals surface area contributed by atoms with Crippen molar-refractivity contribution in [1.82, 2.24) is 4.57 Å². The van der Waals surface area contributed by atoms with E-state index in [1.165, 1.54) is 36.2 Å². The van der Waals surface area contributed by atoms with Crippen molar-refractivity contribution in [3.63, 3.8) is 0 Å². The predicted molar refractivity (Wildman–Crippen MR) is 58.5 cm³/mol. The lowest BCUT2D eigenvalue weighted by Gasteiger charge is -2.27. The molecule has 1 atom stereocenters. The quantitative estimate of drug-likeness (QED) is 0.800. The highest BCUT2D eigenvalue weighted by molar-refractivity contribution is 5.76. The molecule has 0 fully saturated rings. The summed E-state index contributed by atoms with van der Waals surface area (Å²) in [5.41, 5.74) is -1.24. The van der Waals surface area contributed by atoms with Gasteiger partial charge in [0.2, 0.25) is 0 Å². The van der Waals surface area contributed by atoms with Crippen molar-refractivity contribution >= 4 is 5.97 Å². The summed E-state index contributed by atoms with van der Waals surface area (Å²) in [6.07, 6.45) is 3.29. The van der Waals surface area contributed by atoms with Crippen LogP contribution >= 0.6 is 0 Å². The molecule has 0 amide bonds. The number of carboxylic acid groups (broad SMARTS) is 1. The van der Waals surface area contributed by atoms with Gasteiger partial charge in [-0.05, 0) is 6.92 Å². The normalized spacial score (nSPS) is 14.4. The number of pyridine rings is 1. The van der Waals surface area contributed by atoms with Crippen molar-refractivity contribution in [2.24, 2.45) is 0 Å². The van der Waals surface area contributed by atoms with Crippen molar-refractivity contribution in [2.75, 3.05) is 13.7 Å². The maximum absolute atomic E-state index is 11.3. The second-order valence-corrected chi connectivity index (χ2v) is 3.76. The molecule has 1 N–H and O–H groups in total. The number of rotatable bonds is 5. The van der Waals surface area contributed by atoms with E-state index >= 15 is 0 Å². The van der Waals surface area contributed by atoms with Gasteiger partial charge in [0.25, 0.3) is 0 Å². The predicted octanol–water partition coefficient (Wildman–Crippen LogP) is 0.685. The second-order valence-electron chi connectivity index (χ2n) is 3.76. The molecule has 0 spiro atoms. The summed E-state index contributed by atoms with van der Waals surface area (Å²) in [6.45, 7) is 1.94. The van der Waals surface area contributed by atoms with Crippen LogP contribution in [0.1, 0.15) is 13.3 Å². The molecule has 0 aliphatic heterocycles. The number of aliphatic carboxylic acids is 1. The number of hydrogen-bond acceptors (Lipinski definition) is 3. The molecule has 5 nitrogen and oxygen atoms in total. The molecule has 1 rings (SSSR count). The van der Waals surface area contributed by atoms with Crippen molar-refractivity contribution in [3.05, 3.63) is 34.7 Å². The Morgan fingerprint density at radius 2 is 2.06 bits per heavy atom. The van der Waals surface area contributed by atoms with Crippen molar-refractivity contribution < 1.29 is 14.6 Å². The van der Waals surface area contributed by atoms with E-state index in [4.69, 9.17) is 4.74 Å². The first-order chi connectivity index (χ1) is 7.50. The standard InChI is InChI=1S/C11H15NO4/c1-11(10(14)15,5-8-16-2)12-6-3-9(13)4-7-12/h3-4,6-7H,5,8H2,1-2H3,(H,14,15). The smallest absolute Gasteiger partial charge is 0.329 e. The van der Waals surface area contributed by atoms with Gasteiger partial charge < -0.3 is 14.4 Å². The number of carboxylic acids is 1. The molecule has 0 aliphatic rings. The SMILES string of the molecule is COCCC(C)(C(=O)O)n1ccc(=O)cc1. The van der Waals surface area contributed by atoms with Crippen LogP contribution in [0, 0.1) is 0 Å². The average molecular weight is 225 g/mol. The summed E-state index contributed by atoms with van der Waals surface area (Å²) in [4.78, 5) is 22.2. The highest BCUT2D eigenvalue weighted by atomic mass is 16.5. The minimum Gasteiger partial charge on any atom is -0.479 e. The van der Waals surface area contributed by atoms with Gasteiger partial charge in [0.1, 0.15) is 5.54 Å². The minimum absolute atomic E-state index is 0.143. The fourth-order valence-electron chi connectivity index (χ4n) is 1.39. The Bertz CT molecular complexity index is 406. The van der Waals surface area contributed by atoms with E-state index in [1.807, 2.05) is 0 Å².